The minimum atomic E-state index is -0.875. The van der Waals surface area contributed by atoms with Crippen molar-refractivity contribution in [3.63, 3.8) is 0 Å². The molecule has 2 aromatic carbocycles. The molecule has 2 aromatic rings. The second kappa shape index (κ2) is 7.70. The van der Waals surface area contributed by atoms with Crippen LogP contribution >= 0.6 is 0 Å². The molecule has 30 heavy (non-hydrogen) atoms. The molecule has 0 bridgehead atoms. The summed E-state index contributed by atoms with van der Waals surface area (Å²) in [5, 5.41) is 29.9. The highest BCUT2D eigenvalue weighted by Crippen LogP contribution is 2.44. The van der Waals surface area contributed by atoms with Crippen molar-refractivity contribution < 1.29 is 9.84 Å². The van der Waals surface area contributed by atoms with Crippen LogP contribution in [0.2, 0.25) is 0 Å². The maximum absolute atomic E-state index is 11.2. The van der Waals surface area contributed by atoms with Crippen molar-refractivity contribution >= 4 is 5.96 Å². The summed E-state index contributed by atoms with van der Waals surface area (Å²) < 4.78 is 6.03. The van der Waals surface area contributed by atoms with Gasteiger partial charge in [0.2, 0.25) is 12.2 Å². The van der Waals surface area contributed by atoms with Crippen LogP contribution in [0.25, 0.3) is 0 Å². The van der Waals surface area contributed by atoms with E-state index in [9.17, 15) is 15.6 Å². The van der Waals surface area contributed by atoms with Crippen molar-refractivity contribution in [1.82, 2.24) is 9.80 Å². The molecule has 1 fully saturated rings. The molecule has 7 nitrogen and oxygen atoms in total. The lowest BCUT2D eigenvalue weighted by Gasteiger charge is -2.45. The molecule has 2 heterocycles. The quantitative estimate of drug-likeness (QED) is 0.795. The van der Waals surface area contributed by atoms with Gasteiger partial charge in [0.1, 0.15) is 17.5 Å². The highest BCUT2D eigenvalue weighted by atomic mass is 16.5. The number of fused-ring (bicyclic) bond motifs is 1. The van der Waals surface area contributed by atoms with E-state index >= 15 is 0 Å². The average Bonchev–Trinajstić information content (AvgIpc) is 3.11. The van der Waals surface area contributed by atoms with Gasteiger partial charge >= 0.3 is 0 Å². The molecule has 0 saturated carbocycles. The van der Waals surface area contributed by atoms with E-state index in [2.05, 4.69) is 11.1 Å². The Kier molecular flexibility index (Phi) is 5.07. The number of ether oxygens (including phenoxy) is 1. The van der Waals surface area contributed by atoms with E-state index in [1.54, 1.807) is 18.2 Å². The molecule has 4 rings (SSSR count). The van der Waals surface area contributed by atoms with Crippen LogP contribution in [0, 0.1) is 22.8 Å². The fourth-order valence-corrected chi connectivity index (χ4v) is 4.18. The normalized spacial score (nSPS) is 23.4. The summed E-state index contributed by atoms with van der Waals surface area (Å²) in [5.41, 5.74) is 1.50. The van der Waals surface area contributed by atoms with E-state index < -0.39 is 17.7 Å². The molecule has 2 aliphatic rings. The van der Waals surface area contributed by atoms with Gasteiger partial charge in [-0.25, -0.2) is 0 Å². The number of guanidine groups is 1. The van der Waals surface area contributed by atoms with Crippen molar-refractivity contribution in [2.75, 3.05) is 13.1 Å². The number of nitrogens with zero attached hydrogens (tertiary/aromatic N) is 5. The smallest absolute Gasteiger partial charge is 0.213 e. The van der Waals surface area contributed by atoms with Gasteiger partial charge in [0.15, 0.2) is 0 Å². The zero-order valence-electron chi connectivity index (χ0n) is 17.0. The molecule has 7 heteroatoms. The zero-order valence-corrected chi connectivity index (χ0v) is 17.0. The lowest BCUT2D eigenvalue weighted by molar-refractivity contribution is -0.0801. The molecule has 2 atom stereocenters. The number of aliphatic hydroxyl groups excluding tert-OH is 1. The Hall–Kier alpha value is -3.55. The summed E-state index contributed by atoms with van der Waals surface area (Å²) in [6.07, 6.45) is 1.04. The minimum absolute atomic E-state index is 0.482. The predicted molar refractivity (Wildman–Crippen MR) is 111 cm³/mol. The van der Waals surface area contributed by atoms with E-state index in [1.165, 1.54) is 0 Å². The third-order valence-electron chi connectivity index (χ3n) is 5.69. The van der Waals surface area contributed by atoms with Gasteiger partial charge in [-0.05, 0) is 37.6 Å². The summed E-state index contributed by atoms with van der Waals surface area (Å²) in [5.74, 6) is 1.16. The van der Waals surface area contributed by atoms with Crippen molar-refractivity contribution in [2.45, 2.75) is 38.1 Å². The summed E-state index contributed by atoms with van der Waals surface area (Å²) in [7, 11) is 0. The maximum Gasteiger partial charge on any atom is 0.213 e. The predicted octanol–water partition coefficient (Wildman–Crippen LogP) is 2.79. The summed E-state index contributed by atoms with van der Waals surface area (Å²) in [6.45, 7) is 5.57. The molecule has 1 N–H and O–H groups in total. The van der Waals surface area contributed by atoms with Gasteiger partial charge in [-0.1, -0.05) is 30.3 Å². The van der Waals surface area contributed by atoms with Crippen LogP contribution < -0.4 is 4.74 Å². The number of hydrogen-bond acceptors (Lipinski definition) is 5. The number of benzene rings is 2. The molecule has 0 unspecified atom stereocenters. The van der Waals surface area contributed by atoms with E-state index in [0.717, 1.165) is 11.1 Å². The molecule has 0 aromatic heterocycles. The highest BCUT2D eigenvalue weighted by Gasteiger charge is 2.48. The average molecular weight is 401 g/mol. The molecule has 0 amide bonds. The monoisotopic (exact) mass is 401 g/mol. The Morgan fingerprint density at radius 2 is 1.93 bits per heavy atom. The van der Waals surface area contributed by atoms with Gasteiger partial charge in [0.25, 0.3) is 0 Å². The Bertz CT molecular complexity index is 1050. The molecular weight excluding hydrogens is 378 g/mol. The molecule has 0 spiro atoms. The molecule has 1 saturated heterocycles. The van der Waals surface area contributed by atoms with Crippen LogP contribution in [0.4, 0.5) is 0 Å². The summed E-state index contributed by atoms with van der Waals surface area (Å²) >= 11 is 0. The first-order chi connectivity index (χ1) is 14.4. The van der Waals surface area contributed by atoms with Crippen molar-refractivity contribution in [1.29, 1.82) is 10.5 Å². The number of aliphatic imine (C=N–C) groups is 1. The number of aliphatic hydroxyl groups is 1. The van der Waals surface area contributed by atoms with Crippen molar-refractivity contribution in [3.8, 4) is 18.0 Å². The van der Waals surface area contributed by atoms with Crippen LogP contribution in [0.3, 0.4) is 0 Å². The second-order valence-electron chi connectivity index (χ2n) is 8.07. The van der Waals surface area contributed by atoms with Crippen LogP contribution in [0.5, 0.6) is 5.75 Å². The number of nitriles is 2. The van der Waals surface area contributed by atoms with Crippen LogP contribution in [-0.2, 0) is 6.54 Å². The van der Waals surface area contributed by atoms with Gasteiger partial charge in [-0.3, -0.25) is 0 Å². The minimum Gasteiger partial charge on any atom is -0.485 e. The fourth-order valence-electron chi connectivity index (χ4n) is 4.18. The topological polar surface area (TPSA) is 95.9 Å². The van der Waals surface area contributed by atoms with E-state index in [4.69, 9.17) is 4.74 Å². The van der Waals surface area contributed by atoms with Gasteiger partial charge in [0.05, 0.1) is 17.7 Å². The van der Waals surface area contributed by atoms with Gasteiger partial charge in [0, 0.05) is 25.2 Å². The lowest BCUT2D eigenvalue weighted by atomic mass is 9.85. The van der Waals surface area contributed by atoms with Crippen molar-refractivity contribution in [3.05, 3.63) is 65.2 Å². The molecule has 2 aliphatic heterocycles. The molecular formula is C23H23N5O2. The van der Waals surface area contributed by atoms with E-state index in [1.807, 2.05) is 60.2 Å². The van der Waals surface area contributed by atoms with Crippen LogP contribution in [0.1, 0.15) is 36.6 Å². The van der Waals surface area contributed by atoms with Gasteiger partial charge < -0.3 is 19.6 Å². The largest absolute Gasteiger partial charge is 0.485 e. The van der Waals surface area contributed by atoms with E-state index in [-0.39, 0.29) is 0 Å². The Morgan fingerprint density at radius 1 is 1.17 bits per heavy atom. The van der Waals surface area contributed by atoms with Crippen LogP contribution in [0.15, 0.2) is 53.5 Å². The first-order valence-electron chi connectivity index (χ1n) is 9.88. The van der Waals surface area contributed by atoms with Gasteiger partial charge in [-0.2, -0.15) is 10.5 Å². The van der Waals surface area contributed by atoms with Crippen molar-refractivity contribution in [2.24, 2.45) is 4.99 Å². The Morgan fingerprint density at radius 3 is 2.63 bits per heavy atom. The molecule has 0 radical (unpaired) electrons. The second-order valence-corrected chi connectivity index (χ2v) is 8.07. The number of rotatable bonds is 3. The SMILES string of the molecule is CC1(C)Oc2ccc(C#N)cc2[C@H](N2CCN(Cc3ccccc3)/C2=N\C#N)[C@H]1O. The summed E-state index contributed by atoms with van der Waals surface area (Å²) in [4.78, 5) is 8.12. The zero-order chi connectivity index (χ0) is 21.3. The number of hydrogen-bond donors (Lipinski definition) is 1. The van der Waals surface area contributed by atoms with E-state index in [0.29, 0.717) is 36.9 Å². The third-order valence-corrected chi connectivity index (χ3v) is 5.69. The lowest BCUT2D eigenvalue weighted by Crippen LogP contribution is -2.54. The highest BCUT2D eigenvalue weighted by molar-refractivity contribution is 5.83. The first kappa shape index (κ1) is 19.8. The maximum atomic E-state index is 11.2. The van der Waals surface area contributed by atoms with Crippen LogP contribution in [-0.4, -0.2) is 45.7 Å². The summed E-state index contributed by atoms with van der Waals surface area (Å²) in [6, 6.07) is 16.9. The Labute approximate surface area is 176 Å². The Balaban J connectivity index is 1.74. The molecule has 0 aliphatic carbocycles. The standard InChI is InChI=1S/C23H23N5O2/c1-23(2)21(29)20(18-12-17(13-24)8-9-19(18)30-23)28-11-10-27(22(28)26-15-25)14-16-6-4-3-5-7-16/h3-9,12,20-21,29H,10-11,14H2,1-2H3/b26-22+/t20-,21+/m0/s1. The van der Waals surface area contributed by atoms with Gasteiger partial charge in [-0.15, -0.1) is 4.99 Å². The molecule has 152 valence electrons. The third kappa shape index (κ3) is 3.45. The first-order valence-corrected chi connectivity index (χ1v) is 9.88. The fraction of sp³-hybridized carbons (Fsp3) is 0.348.